The van der Waals surface area contributed by atoms with Crippen LogP contribution in [-0.4, -0.2) is 34.0 Å². The minimum atomic E-state index is -0.999. The van der Waals surface area contributed by atoms with E-state index in [0.29, 0.717) is 17.8 Å². The number of nitrogens with zero attached hydrogens (tertiary/aromatic N) is 1. The lowest BCUT2D eigenvalue weighted by molar-refractivity contribution is -0.114. The molecule has 0 fully saturated rings. The summed E-state index contributed by atoms with van der Waals surface area (Å²) in [5.41, 5.74) is 1.14. The highest BCUT2D eigenvalue weighted by Crippen LogP contribution is 2.16. The van der Waals surface area contributed by atoms with Gasteiger partial charge < -0.3 is 15.3 Å². The fraction of sp³-hybridized carbons (Fsp3) is 0.300. The van der Waals surface area contributed by atoms with E-state index in [4.69, 9.17) is 0 Å². The van der Waals surface area contributed by atoms with Gasteiger partial charge in [-0.05, 0) is 43.7 Å². The van der Waals surface area contributed by atoms with Crippen LogP contribution in [0.3, 0.4) is 0 Å². The molecule has 0 heterocycles. The number of nitrogens with one attached hydrogen (secondary N) is 1. The van der Waals surface area contributed by atoms with Crippen molar-refractivity contribution in [2.45, 2.75) is 32.9 Å². The molecular weight excluding hydrogens is 316 g/mol. The lowest BCUT2D eigenvalue weighted by atomic mass is 10.1. The van der Waals surface area contributed by atoms with Crippen LogP contribution in [0, 0.1) is 0 Å². The van der Waals surface area contributed by atoms with Gasteiger partial charge in [0.2, 0.25) is 5.91 Å². The Balaban J connectivity index is 2.20. The molecule has 2 rings (SSSR count). The molecule has 0 spiro atoms. The molecule has 0 unspecified atom stereocenters. The van der Waals surface area contributed by atoms with Gasteiger partial charge in [-0.15, -0.1) is 0 Å². The first-order valence-corrected chi connectivity index (χ1v) is 8.18. The molecule has 2 aromatic rings. The third-order valence-corrected chi connectivity index (χ3v) is 3.53. The van der Waals surface area contributed by atoms with Gasteiger partial charge in [-0.3, -0.25) is 9.59 Å². The molecule has 0 aromatic heterocycles. The second-order valence-electron chi connectivity index (χ2n) is 6.72. The Labute approximate surface area is 148 Å². The van der Waals surface area contributed by atoms with E-state index in [1.54, 1.807) is 43.0 Å². The standard InChI is InChI=1S/C20H24N2O3/c1-15(23)21-18-11-9-17(10-12-18)19(24)22(14-20(2,3)25)13-16-7-5-4-6-8-16/h4-12,25H,13-14H2,1-3H3,(H,21,23). The number of amides is 2. The molecule has 5 heteroatoms. The van der Waals surface area contributed by atoms with E-state index in [9.17, 15) is 14.7 Å². The van der Waals surface area contributed by atoms with Gasteiger partial charge in [0.05, 0.1) is 5.60 Å². The van der Waals surface area contributed by atoms with Crippen LogP contribution in [-0.2, 0) is 11.3 Å². The summed E-state index contributed by atoms with van der Waals surface area (Å²) >= 11 is 0. The van der Waals surface area contributed by atoms with E-state index in [1.165, 1.54) is 6.92 Å². The number of carbonyl (C=O) groups excluding carboxylic acids is 2. The second kappa shape index (κ2) is 7.94. The van der Waals surface area contributed by atoms with Gasteiger partial charge in [-0.2, -0.15) is 0 Å². The molecule has 25 heavy (non-hydrogen) atoms. The van der Waals surface area contributed by atoms with E-state index < -0.39 is 5.60 Å². The summed E-state index contributed by atoms with van der Waals surface area (Å²) in [5, 5.41) is 12.8. The first-order valence-electron chi connectivity index (χ1n) is 8.18. The van der Waals surface area contributed by atoms with Crippen molar-refractivity contribution in [2.24, 2.45) is 0 Å². The molecule has 0 saturated carbocycles. The molecule has 2 aromatic carbocycles. The first-order chi connectivity index (χ1) is 11.7. The molecule has 132 valence electrons. The Kier molecular flexibility index (Phi) is 5.93. The van der Waals surface area contributed by atoms with Gasteiger partial charge >= 0.3 is 0 Å². The summed E-state index contributed by atoms with van der Waals surface area (Å²) in [4.78, 5) is 25.6. The zero-order valence-electron chi connectivity index (χ0n) is 14.8. The number of carbonyl (C=O) groups is 2. The van der Waals surface area contributed by atoms with Gasteiger partial charge in [0.15, 0.2) is 0 Å². The van der Waals surface area contributed by atoms with E-state index in [1.807, 2.05) is 30.3 Å². The summed E-state index contributed by atoms with van der Waals surface area (Å²) < 4.78 is 0. The maximum Gasteiger partial charge on any atom is 0.254 e. The van der Waals surface area contributed by atoms with Crippen LogP contribution in [0.2, 0.25) is 0 Å². The number of hydrogen-bond acceptors (Lipinski definition) is 3. The Bertz CT molecular complexity index is 719. The Hall–Kier alpha value is -2.66. The topological polar surface area (TPSA) is 69.6 Å². The van der Waals surface area contributed by atoms with Crippen molar-refractivity contribution in [3.63, 3.8) is 0 Å². The molecule has 2 N–H and O–H groups in total. The van der Waals surface area contributed by atoms with Crippen molar-refractivity contribution in [3.05, 3.63) is 65.7 Å². The highest BCUT2D eigenvalue weighted by atomic mass is 16.3. The smallest absolute Gasteiger partial charge is 0.254 e. The van der Waals surface area contributed by atoms with Gasteiger partial charge in [-0.1, -0.05) is 30.3 Å². The molecule has 0 atom stereocenters. The van der Waals surface area contributed by atoms with Gasteiger partial charge in [0, 0.05) is 31.3 Å². The molecule has 0 aliphatic rings. The third kappa shape index (κ3) is 6.04. The molecule has 2 amide bonds. The maximum atomic E-state index is 12.9. The molecule has 0 aliphatic carbocycles. The molecule has 0 bridgehead atoms. The van der Waals surface area contributed by atoms with Crippen LogP contribution in [0.5, 0.6) is 0 Å². The number of aliphatic hydroxyl groups is 1. The normalized spacial score (nSPS) is 11.0. The number of benzene rings is 2. The summed E-state index contributed by atoms with van der Waals surface area (Å²) in [6.45, 7) is 5.42. The number of hydrogen-bond donors (Lipinski definition) is 2. The molecular formula is C20H24N2O3. The molecule has 0 saturated heterocycles. The predicted molar refractivity (Wildman–Crippen MR) is 98.2 cm³/mol. The number of rotatable bonds is 6. The highest BCUT2D eigenvalue weighted by Gasteiger charge is 2.23. The zero-order chi connectivity index (χ0) is 18.4. The van der Waals surface area contributed by atoms with Crippen LogP contribution >= 0.6 is 0 Å². The van der Waals surface area contributed by atoms with Gasteiger partial charge in [0.1, 0.15) is 0 Å². The molecule has 5 nitrogen and oxygen atoms in total. The summed E-state index contributed by atoms with van der Waals surface area (Å²) in [5.74, 6) is -0.327. The molecule has 0 aliphatic heterocycles. The first kappa shape index (κ1) is 18.7. The van der Waals surface area contributed by atoms with Crippen molar-refractivity contribution in [1.29, 1.82) is 0 Å². The summed E-state index contributed by atoms with van der Waals surface area (Å²) in [6.07, 6.45) is 0. The van der Waals surface area contributed by atoms with Crippen molar-refractivity contribution >= 4 is 17.5 Å². The fourth-order valence-electron chi connectivity index (χ4n) is 2.55. The lowest BCUT2D eigenvalue weighted by Crippen LogP contribution is -2.41. The van der Waals surface area contributed by atoms with Crippen LogP contribution in [0.4, 0.5) is 5.69 Å². The van der Waals surface area contributed by atoms with Gasteiger partial charge in [0.25, 0.3) is 5.91 Å². The third-order valence-electron chi connectivity index (χ3n) is 3.53. The molecule has 0 radical (unpaired) electrons. The highest BCUT2D eigenvalue weighted by molar-refractivity contribution is 5.95. The van der Waals surface area contributed by atoms with E-state index in [2.05, 4.69) is 5.32 Å². The van der Waals surface area contributed by atoms with E-state index in [0.717, 1.165) is 5.56 Å². The Morgan fingerprint density at radius 3 is 2.16 bits per heavy atom. The quantitative estimate of drug-likeness (QED) is 0.849. The van der Waals surface area contributed by atoms with Crippen LogP contribution < -0.4 is 5.32 Å². The Morgan fingerprint density at radius 1 is 1.04 bits per heavy atom. The summed E-state index contributed by atoms with van der Waals surface area (Å²) in [6, 6.07) is 16.4. The minimum Gasteiger partial charge on any atom is -0.389 e. The van der Waals surface area contributed by atoms with Crippen molar-refractivity contribution in [3.8, 4) is 0 Å². The van der Waals surface area contributed by atoms with Crippen LogP contribution in [0.15, 0.2) is 54.6 Å². The van der Waals surface area contributed by atoms with Crippen molar-refractivity contribution < 1.29 is 14.7 Å². The fourth-order valence-corrected chi connectivity index (χ4v) is 2.55. The van der Waals surface area contributed by atoms with Crippen molar-refractivity contribution in [1.82, 2.24) is 4.90 Å². The monoisotopic (exact) mass is 340 g/mol. The van der Waals surface area contributed by atoms with Crippen LogP contribution in [0.1, 0.15) is 36.7 Å². The van der Waals surface area contributed by atoms with E-state index >= 15 is 0 Å². The van der Waals surface area contributed by atoms with Crippen LogP contribution in [0.25, 0.3) is 0 Å². The Morgan fingerprint density at radius 2 is 1.64 bits per heavy atom. The maximum absolute atomic E-state index is 12.9. The second-order valence-corrected chi connectivity index (χ2v) is 6.72. The minimum absolute atomic E-state index is 0.160. The largest absolute Gasteiger partial charge is 0.389 e. The average Bonchev–Trinajstić information content (AvgIpc) is 2.53. The van der Waals surface area contributed by atoms with Crippen molar-refractivity contribution in [2.75, 3.05) is 11.9 Å². The average molecular weight is 340 g/mol. The van der Waals surface area contributed by atoms with E-state index in [-0.39, 0.29) is 18.4 Å². The SMILES string of the molecule is CC(=O)Nc1ccc(C(=O)N(Cc2ccccc2)CC(C)(C)O)cc1. The summed E-state index contributed by atoms with van der Waals surface area (Å²) in [7, 11) is 0. The predicted octanol–water partition coefficient (Wildman–Crippen LogP) is 3.06. The lowest BCUT2D eigenvalue weighted by Gasteiger charge is -2.29. The van der Waals surface area contributed by atoms with Gasteiger partial charge in [-0.25, -0.2) is 0 Å². The zero-order valence-corrected chi connectivity index (χ0v) is 14.8. The number of anilines is 1.